The van der Waals surface area contributed by atoms with E-state index in [0.29, 0.717) is 16.7 Å². The summed E-state index contributed by atoms with van der Waals surface area (Å²) < 4.78 is 6.55. The molecule has 0 bridgehead atoms. The Bertz CT molecular complexity index is 1090. The fourth-order valence-corrected chi connectivity index (χ4v) is 4.41. The van der Waals surface area contributed by atoms with Crippen LogP contribution < -0.4 is 10.3 Å². The van der Waals surface area contributed by atoms with Crippen molar-refractivity contribution in [1.82, 2.24) is 9.55 Å². The maximum Gasteiger partial charge on any atom is 0.331 e. The summed E-state index contributed by atoms with van der Waals surface area (Å²) in [6, 6.07) is 8.24. The third-order valence-electron chi connectivity index (χ3n) is 4.46. The Kier molecular flexibility index (Phi) is 4.27. The zero-order chi connectivity index (χ0) is 18.1. The molecule has 26 heavy (non-hydrogen) atoms. The topological polar surface area (TPSA) is 85.0 Å². The molecular weight excluding hydrogens is 350 g/mol. The van der Waals surface area contributed by atoms with Crippen LogP contribution in [0.2, 0.25) is 0 Å². The highest BCUT2D eigenvalue weighted by Crippen LogP contribution is 2.33. The number of aryl methyl sites for hydroxylation is 2. The second-order valence-corrected chi connectivity index (χ2v) is 7.26. The maximum absolute atomic E-state index is 12.8. The van der Waals surface area contributed by atoms with E-state index >= 15 is 0 Å². The van der Waals surface area contributed by atoms with Gasteiger partial charge in [0.2, 0.25) is 0 Å². The first-order valence-electron chi connectivity index (χ1n) is 8.36. The standard InChI is InChI=1S/C19H15N3O3S/c20-9-12-5-7-13(8-6-12)25-16(23)10-22-11-21-18-17(19(22)24)14-3-1-2-4-15(14)26-18/h5-8,11H,1-4,10H2. The van der Waals surface area contributed by atoms with Crippen molar-refractivity contribution in [2.45, 2.75) is 32.2 Å². The Balaban J connectivity index is 1.58. The van der Waals surface area contributed by atoms with Crippen LogP contribution >= 0.6 is 11.3 Å². The van der Waals surface area contributed by atoms with Gasteiger partial charge in [-0.15, -0.1) is 11.3 Å². The molecule has 4 rings (SSSR count). The number of thiophene rings is 1. The number of carbonyl (C=O) groups excluding carboxylic acids is 1. The van der Waals surface area contributed by atoms with Crippen molar-refractivity contribution in [2.75, 3.05) is 0 Å². The van der Waals surface area contributed by atoms with Gasteiger partial charge < -0.3 is 4.74 Å². The van der Waals surface area contributed by atoms with Crippen LogP contribution in [0.3, 0.4) is 0 Å². The zero-order valence-corrected chi connectivity index (χ0v) is 14.7. The van der Waals surface area contributed by atoms with Crippen molar-refractivity contribution >= 4 is 27.5 Å². The first-order valence-corrected chi connectivity index (χ1v) is 9.18. The smallest absolute Gasteiger partial charge is 0.331 e. The van der Waals surface area contributed by atoms with E-state index in [1.54, 1.807) is 35.6 Å². The molecule has 1 aliphatic carbocycles. The highest BCUT2D eigenvalue weighted by molar-refractivity contribution is 7.18. The lowest BCUT2D eigenvalue weighted by atomic mass is 9.97. The van der Waals surface area contributed by atoms with Crippen molar-refractivity contribution in [3.8, 4) is 11.8 Å². The first kappa shape index (κ1) is 16.5. The lowest BCUT2D eigenvalue weighted by Crippen LogP contribution is -2.27. The summed E-state index contributed by atoms with van der Waals surface area (Å²) in [5.41, 5.74) is 1.40. The highest BCUT2D eigenvalue weighted by Gasteiger charge is 2.20. The number of benzene rings is 1. The van der Waals surface area contributed by atoms with E-state index in [1.165, 1.54) is 15.8 Å². The molecule has 6 nitrogen and oxygen atoms in total. The molecule has 3 aromatic rings. The van der Waals surface area contributed by atoms with Gasteiger partial charge in [0.05, 0.1) is 23.3 Å². The summed E-state index contributed by atoms with van der Waals surface area (Å²) in [6.45, 7) is -0.202. The summed E-state index contributed by atoms with van der Waals surface area (Å²) in [5, 5.41) is 9.44. The van der Waals surface area contributed by atoms with Crippen LogP contribution in [0, 0.1) is 11.3 Å². The minimum absolute atomic E-state index is 0.189. The number of aromatic nitrogens is 2. The van der Waals surface area contributed by atoms with Crippen LogP contribution in [0.1, 0.15) is 28.8 Å². The highest BCUT2D eigenvalue weighted by atomic mass is 32.1. The minimum atomic E-state index is -0.554. The van der Waals surface area contributed by atoms with Crippen LogP contribution in [0.4, 0.5) is 0 Å². The van der Waals surface area contributed by atoms with Crippen LogP contribution in [0.5, 0.6) is 5.75 Å². The normalized spacial score (nSPS) is 13.2. The average Bonchev–Trinajstić information content (AvgIpc) is 3.04. The second kappa shape index (κ2) is 6.73. The number of fused-ring (bicyclic) bond motifs is 3. The number of ether oxygens (including phenoxy) is 1. The van der Waals surface area contributed by atoms with E-state index in [2.05, 4.69) is 4.98 Å². The Hall–Kier alpha value is -2.98. The molecule has 0 fully saturated rings. The van der Waals surface area contributed by atoms with E-state index in [9.17, 15) is 9.59 Å². The average molecular weight is 365 g/mol. The van der Waals surface area contributed by atoms with Crippen LogP contribution in [0.25, 0.3) is 10.2 Å². The zero-order valence-electron chi connectivity index (χ0n) is 13.9. The quantitative estimate of drug-likeness (QED) is 0.526. The molecular formula is C19H15N3O3S. The van der Waals surface area contributed by atoms with Crippen molar-refractivity contribution in [1.29, 1.82) is 5.26 Å². The molecule has 0 amide bonds. The maximum atomic E-state index is 12.8. The van der Waals surface area contributed by atoms with Gasteiger partial charge in [0, 0.05) is 4.88 Å². The van der Waals surface area contributed by atoms with Gasteiger partial charge in [0.1, 0.15) is 17.1 Å². The van der Waals surface area contributed by atoms with Crippen LogP contribution in [-0.2, 0) is 24.2 Å². The van der Waals surface area contributed by atoms with Crippen molar-refractivity contribution in [3.05, 3.63) is 57.0 Å². The predicted octanol–water partition coefficient (Wildman–Crippen LogP) is 2.81. The lowest BCUT2D eigenvalue weighted by molar-refractivity contribution is -0.135. The molecule has 1 aromatic carbocycles. The van der Waals surface area contributed by atoms with Crippen molar-refractivity contribution in [3.63, 3.8) is 0 Å². The molecule has 0 saturated carbocycles. The molecule has 0 unspecified atom stereocenters. The van der Waals surface area contributed by atoms with Gasteiger partial charge in [-0.2, -0.15) is 5.26 Å². The molecule has 0 radical (unpaired) electrons. The molecule has 0 aliphatic heterocycles. The van der Waals surface area contributed by atoms with Crippen LogP contribution in [-0.4, -0.2) is 15.5 Å². The Morgan fingerprint density at radius 1 is 1.27 bits per heavy atom. The van der Waals surface area contributed by atoms with Crippen molar-refractivity contribution in [2.24, 2.45) is 0 Å². The van der Waals surface area contributed by atoms with E-state index < -0.39 is 5.97 Å². The van der Waals surface area contributed by atoms with Gasteiger partial charge in [0.25, 0.3) is 5.56 Å². The fraction of sp³-hybridized carbons (Fsp3) is 0.263. The fourth-order valence-electron chi connectivity index (χ4n) is 3.19. The van der Waals surface area contributed by atoms with Gasteiger partial charge in [-0.3, -0.25) is 9.36 Å². The summed E-state index contributed by atoms with van der Waals surface area (Å²) in [5.74, 6) is -0.217. The Labute approximate surface area is 153 Å². The SMILES string of the molecule is N#Cc1ccc(OC(=O)Cn2cnc3sc4c(c3c2=O)CCCC4)cc1. The number of hydrogen-bond acceptors (Lipinski definition) is 6. The Morgan fingerprint density at radius 3 is 2.81 bits per heavy atom. The molecule has 1 aliphatic rings. The van der Waals surface area contributed by atoms with Gasteiger partial charge in [-0.05, 0) is 55.5 Å². The minimum Gasteiger partial charge on any atom is -0.425 e. The van der Waals surface area contributed by atoms with E-state index in [4.69, 9.17) is 10.00 Å². The van der Waals surface area contributed by atoms with Gasteiger partial charge in [-0.1, -0.05) is 0 Å². The van der Waals surface area contributed by atoms with Gasteiger partial charge in [-0.25, -0.2) is 9.78 Å². The molecule has 130 valence electrons. The third kappa shape index (κ3) is 3.00. The number of hydrogen-bond donors (Lipinski definition) is 0. The summed E-state index contributed by atoms with van der Waals surface area (Å²) in [4.78, 5) is 31.4. The van der Waals surface area contributed by atoms with Gasteiger partial charge >= 0.3 is 5.97 Å². The number of carbonyl (C=O) groups is 1. The number of nitrogens with zero attached hydrogens (tertiary/aromatic N) is 3. The van der Waals surface area contributed by atoms with E-state index in [-0.39, 0.29) is 12.1 Å². The van der Waals surface area contributed by atoms with Crippen molar-refractivity contribution < 1.29 is 9.53 Å². The largest absolute Gasteiger partial charge is 0.425 e. The molecule has 2 heterocycles. The molecule has 0 saturated heterocycles. The van der Waals surface area contributed by atoms with Crippen LogP contribution in [0.15, 0.2) is 35.4 Å². The molecule has 7 heteroatoms. The number of esters is 1. The van der Waals surface area contributed by atoms with E-state index in [1.807, 2.05) is 6.07 Å². The third-order valence-corrected chi connectivity index (χ3v) is 5.66. The molecule has 2 aromatic heterocycles. The second-order valence-electron chi connectivity index (χ2n) is 6.18. The van der Waals surface area contributed by atoms with E-state index in [0.717, 1.165) is 36.1 Å². The predicted molar refractivity (Wildman–Crippen MR) is 97.3 cm³/mol. The first-order chi connectivity index (χ1) is 12.7. The summed E-state index contributed by atoms with van der Waals surface area (Å²) in [6.07, 6.45) is 5.52. The molecule has 0 spiro atoms. The van der Waals surface area contributed by atoms with Gasteiger partial charge in [0.15, 0.2) is 0 Å². The lowest BCUT2D eigenvalue weighted by Gasteiger charge is -2.10. The Morgan fingerprint density at radius 2 is 2.04 bits per heavy atom. The summed E-state index contributed by atoms with van der Waals surface area (Å²) in [7, 11) is 0. The molecule has 0 N–H and O–H groups in total. The monoisotopic (exact) mass is 365 g/mol. The summed E-state index contributed by atoms with van der Waals surface area (Å²) >= 11 is 1.58. The number of rotatable bonds is 3. The molecule has 0 atom stereocenters. The number of nitriles is 1.